The van der Waals surface area contributed by atoms with Crippen molar-refractivity contribution in [3.8, 4) is 11.3 Å². The second kappa shape index (κ2) is 3.99. The number of nitrogens with one attached hydrogen (secondary N) is 1. The van der Waals surface area contributed by atoms with Crippen LogP contribution in [0.15, 0.2) is 32.8 Å². The molecule has 0 saturated carbocycles. The number of hydrogen-bond acceptors (Lipinski definition) is 5. The first-order valence-corrected chi connectivity index (χ1v) is 6.30. The summed E-state index contributed by atoms with van der Waals surface area (Å²) in [5.41, 5.74) is 3.18. The van der Waals surface area contributed by atoms with Crippen LogP contribution in [0.2, 0.25) is 0 Å². The number of anilines is 1. The van der Waals surface area contributed by atoms with E-state index in [-0.39, 0.29) is 5.76 Å². The van der Waals surface area contributed by atoms with Crippen LogP contribution in [-0.2, 0) is 7.05 Å². The molecule has 0 spiro atoms. The zero-order valence-corrected chi connectivity index (χ0v) is 10.7. The van der Waals surface area contributed by atoms with E-state index in [1.54, 1.807) is 7.05 Å². The van der Waals surface area contributed by atoms with E-state index < -0.39 is 0 Å². The van der Waals surface area contributed by atoms with Crippen molar-refractivity contribution in [2.45, 2.75) is 0 Å². The third-order valence-corrected chi connectivity index (χ3v) is 3.67. The summed E-state index contributed by atoms with van der Waals surface area (Å²) in [4.78, 5) is 15.8. The summed E-state index contributed by atoms with van der Waals surface area (Å²) in [5, 5.41) is 5.82. The smallest absolute Gasteiger partial charge is 0.408 e. The molecule has 0 aliphatic heterocycles. The average Bonchev–Trinajstić information content (AvgIpc) is 2.95. The first-order valence-electron chi connectivity index (χ1n) is 5.42. The Morgan fingerprint density at radius 3 is 3.00 bits per heavy atom. The summed E-state index contributed by atoms with van der Waals surface area (Å²) in [6, 6.07) is 5.64. The van der Waals surface area contributed by atoms with Crippen molar-refractivity contribution in [3.05, 3.63) is 34.1 Å². The average molecular weight is 261 g/mol. The third-order valence-electron chi connectivity index (χ3n) is 2.81. The molecule has 0 aliphatic carbocycles. The predicted octanol–water partition coefficient (Wildman–Crippen LogP) is 2.30. The molecule has 6 heteroatoms. The van der Waals surface area contributed by atoms with Crippen LogP contribution in [0, 0.1) is 0 Å². The minimum Gasteiger partial charge on any atom is -0.408 e. The first-order chi connectivity index (χ1) is 8.69. The van der Waals surface area contributed by atoms with Gasteiger partial charge < -0.3 is 9.73 Å². The van der Waals surface area contributed by atoms with E-state index in [1.807, 2.05) is 30.6 Å². The van der Waals surface area contributed by atoms with Crippen LogP contribution in [0.1, 0.15) is 0 Å². The molecule has 0 amide bonds. The molecule has 0 atom stereocenters. The van der Waals surface area contributed by atoms with Gasteiger partial charge in [0, 0.05) is 25.0 Å². The van der Waals surface area contributed by atoms with Crippen molar-refractivity contribution >= 4 is 27.6 Å². The number of aryl methyl sites for hydroxylation is 1. The molecule has 0 aliphatic rings. The van der Waals surface area contributed by atoms with Crippen molar-refractivity contribution in [2.75, 3.05) is 12.4 Å². The highest BCUT2D eigenvalue weighted by Crippen LogP contribution is 2.27. The summed E-state index contributed by atoms with van der Waals surface area (Å²) in [6.45, 7) is 0. The van der Waals surface area contributed by atoms with E-state index in [0.717, 1.165) is 21.9 Å². The van der Waals surface area contributed by atoms with Gasteiger partial charge in [-0.25, -0.2) is 9.78 Å². The number of nitrogens with zero attached hydrogens (tertiary/aromatic N) is 2. The number of oxazole rings is 1. The highest BCUT2D eigenvalue weighted by Gasteiger charge is 2.09. The summed E-state index contributed by atoms with van der Waals surface area (Å²) in [7, 11) is 3.53. The lowest BCUT2D eigenvalue weighted by Crippen LogP contribution is -2.08. The molecule has 2 aromatic heterocycles. The molecule has 3 rings (SSSR count). The molecule has 3 aromatic rings. The summed E-state index contributed by atoms with van der Waals surface area (Å²) in [5.74, 6) is -0.351. The molecule has 92 valence electrons. The molecule has 5 nitrogen and oxygen atoms in total. The van der Waals surface area contributed by atoms with Gasteiger partial charge in [0.2, 0.25) is 0 Å². The van der Waals surface area contributed by atoms with Gasteiger partial charge in [-0.05, 0) is 12.1 Å². The highest BCUT2D eigenvalue weighted by atomic mass is 32.1. The fourth-order valence-corrected chi connectivity index (χ4v) is 2.50. The van der Waals surface area contributed by atoms with E-state index in [2.05, 4.69) is 10.3 Å². The van der Waals surface area contributed by atoms with Gasteiger partial charge in [0.1, 0.15) is 0 Å². The monoisotopic (exact) mass is 261 g/mol. The second-order valence-electron chi connectivity index (χ2n) is 3.90. The zero-order valence-electron chi connectivity index (χ0n) is 9.93. The lowest BCUT2D eigenvalue weighted by atomic mass is 10.1. The van der Waals surface area contributed by atoms with Crippen molar-refractivity contribution in [1.29, 1.82) is 0 Å². The molecule has 0 bridgehead atoms. The Hall–Kier alpha value is -2.08. The molecule has 0 fully saturated rings. The Morgan fingerprint density at radius 1 is 1.44 bits per heavy atom. The molecular formula is C12H11N3O2S. The Bertz CT molecular complexity index is 769. The predicted molar refractivity (Wildman–Crippen MR) is 72.1 cm³/mol. The topological polar surface area (TPSA) is 60.1 Å². The van der Waals surface area contributed by atoms with E-state index in [1.165, 1.54) is 15.9 Å². The summed E-state index contributed by atoms with van der Waals surface area (Å²) < 4.78 is 6.65. The van der Waals surface area contributed by atoms with Crippen LogP contribution in [0.5, 0.6) is 0 Å². The van der Waals surface area contributed by atoms with Gasteiger partial charge in [-0.2, -0.15) is 0 Å². The molecule has 2 heterocycles. The van der Waals surface area contributed by atoms with Crippen LogP contribution >= 0.6 is 11.3 Å². The van der Waals surface area contributed by atoms with Crippen LogP contribution in [-0.4, -0.2) is 16.6 Å². The standard InChI is InChI=1S/C12H11N3O2S/c1-13-11-14-8(6-18-11)7-3-4-9-10(5-7)17-12(16)15(9)2/h3-6H,1-2H3,(H,13,14). The maximum absolute atomic E-state index is 11.4. The molecular weight excluding hydrogens is 250 g/mol. The highest BCUT2D eigenvalue weighted by molar-refractivity contribution is 7.14. The van der Waals surface area contributed by atoms with E-state index >= 15 is 0 Å². The molecule has 0 radical (unpaired) electrons. The number of fused-ring (bicyclic) bond motifs is 1. The minimum absolute atomic E-state index is 0.351. The molecule has 1 N–H and O–H groups in total. The summed E-state index contributed by atoms with van der Waals surface area (Å²) in [6.07, 6.45) is 0. The maximum atomic E-state index is 11.4. The van der Waals surface area contributed by atoms with Gasteiger partial charge in [-0.3, -0.25) is 4.57 Å². The van der Waals surface area contributed by atoms with Gasteiger partial charge in [0.15, 0.2) is 10.7 Å². The second-order valence-corrected chi connectivity index (χ2v) is 4.76. The molecule has 1 aromatic carbocycles. The maximum Gasteiger partial charge on any atom is 0.419 e. The lowest BCUT2D eigenvalue weighted by molar-refractivity contribution is 0.528. The van der Waals surface area contributed by atoms with Crippen molar-refractivity contribution in [3.63, 3.8) is 0 Å². The normalized spacial score (nSPS) is 11.0. The third kappa shape index (κ3) is 1.62. The van der Waals surface area contributed by atoms with Gasteiger partial charge >= 0.3 is 5.76 Å². The lowest BCUT2D eigenvalue weighted by Gasteiger charge is -1.97. The van der Waals surface area contributed by atoms with Crippen LogP contribution < -0.4 is 11.1 Å². The zero-order chi connectivity index (χ0) is 12.7. The number of thiazole rings is 1. The molecule has 0 unspecified atom stereocenters. The van der Waals surface area contributed by atoms with Crippen molar-refractivity contribution in [2.24, 2.45) is 7.05 Å². The largest absolute Gasteiger partial charge is 0.419 e. The number of aromatic nitrogens is 2. The molecule has 0 saturated heterocycles. The number of benzene rings is 1. The van der Waals surface area contributed by atoms with Crippen LogP contribution in [0.3, 0.4) is 0 Å². The van der Waals surface area contributed by atoms with Gasteiger partial charge in [-0.15, -0.1) is 11.3 Å². The fourth-order valence-electron chi connectivity index (χ4n) is 1.81. The fraction of sp³-hybridized carbons (Fsp3) is 0.167. The van der Waals surface area contributed by atoms with Gasteiger partial charge in [0.05, 0.1) is 11.2 Å². The number of hydrogen-bond donors (Lipinski definition) is 1. The molecule has 18 heavy (non-hydrogen) atoms. The quantitative estimate of drug-likeness (QED) is 0.769. The van der Waals surface area contributed by atoms with Gasteiger partial charge in [0.25, 0.3) is 0 Å². The Morgan fingerprint density at radius 2 is 2.28 bits per heavy atom. The van der Waals surface area contributed by atoms with E-state index in [0.29, 0.717) is 5.58 Å². The number of rotatable bonds is 2. The van der Waals surface area contributed by atoms with Crippen LogP contribution in [0.4, 0.5) is 5.13 Å². The Balaban J connectivity index is 2.16. The first kappa shape index (κ1) is 11.0. The SMILES string of the molecule is CNc1nc(-c2ccc3c(c2)oc(=O)n3C)cs1. The van der Waals surface area contributed by atoms with E-state index in [4.69, 9.17) is 4.42 Å². The Kier molecular flexibility index (Phi) is 2.45. The van der Waals surface area contributed by atoms with E-state index in [9.17, 15) is 4.79 Å². The van der Waals surface area contributed by atoms with Crippen molar-refractivity contribution < 1.29 is 4.42 Å². The van der Waals surface area contributed by atoms with Crippen LogP contribution in [0.25, 0.3) is 22.4 Å². The minimum atomic E-state index is -0.351. The Labute approximate surface area is 107 Å². The van der Waals surface area contributed by atoms with Crippen molar-refractivity contribution in [1.82, 2.24) is 9.55 Å². The summed E-state index contributed by atoms with van der Waals surface area (Å²) >= 11 is 1.54. The van der Waals surface area contributed by atoms with Gasteiger partial charge in [-0.1, -0.05) is 6.07 Å².